The van der Waals surface area contributed by atoms with Gasteiger partial charge in [0.2, 0.25) is 5.91 Å². The second kappa shape index (κ2) is 6.58. The molecule has 1 heterocycles. The zero-order valence-corrected chi connectivity index (χ0v) is 12.8. The van der Waals surface area contributed by atoms with E-state index in [0.717, 1.165) is 38.8 Å². The normalized spacial score (nSPS) is 26.4. The first kappa shape index (κ1) is 15.3. The van der Waals surface area contributed by atoms with Gasteiger partial charge in [0.05, 0.1) is 6.07 Å². The predicted molar refractivity (Wildman–Crippen MR) is 79.0 cm³/mol. The van der Waals surface area contributed by atoms with Gasteiger partial charge in [0.15, 0.2) is 0 Å². The molecule has 2 rings (SSSR count). The van der Waals surface area contributed by atoms with E-state index in [0.29, 0.717) is 12.0 Å². The van der Waals surface area contributed by atoms with Crippen molar-refractivity contribution in [3.63, 3.8) is 0 Å². The Kier molecular flexibility index (Phi) is 5.04. The molecule has 1 saturated carbocycles. The van der Waals surface area contributed by atoms with Gasteiger partial charge >= 0.3 is 0 Å². The van der Waals surface area contributed by atoms with Crippen molar-refractivity contribution in [1.29, 1.82) is 5.26 Å². The summed E-state index contributed by atoms with van der Waals surface area (Å²) >= 11 is 0. The summed E-state index contributed by atoms with van der Waals surface area (Å²) < 4.78 is 0. The van der Waals surface area contributed by atoms with E-state index in [-0.39, 0.29) is 5.91 Å². The first-order chi connectivity index (χ1) is 9.57. The van der Waals surface area contributed by atoms with Gasteiger partial charge in [-0.2, -0.15) is 5.26 Å². The minimum atomic E-state index is -0.730. The zero-order valence-electron chi connectivity index (χ0n) is 12.8. The first-order valence-electron chi connectivity index (χ1n) is 8.01. The quantitative estimate of drug-likeness (QED) is 0.858. The first-order valence-corrected chi connectivity index (χ1v) is 8.01. The van der Waals surface area contributed by atoms with Crippen LogP contribution in [0.15, 0.2) is 0 Å². The van der Waals surface area contributed by atoms with Gasteiger partial charge in [-0.15, -0.1) is 0 Å². The Morgan fingerprint density at radius 1 is 1.40 bits per heavy atom. The van der Waals surface area contributed by atoms with E-state index in [9.17, 15) is 10.1 Å². The lowest BCUT2D eigenvalue weighted by molar-refractivity contribution is -0.128. The van der Waals surface area contributed by atoms with E-state index in [2.05, 4.69) is 30.1 Å². The molecule has 4 heteroatoms. The number of nitrogens with one attached hydrogen (secondary N) is 1. The van der Waals surface area contributed by atoms with Crippen LogP contribution in [0, 0.1) is 22.7 Å². The van der Waals surface area contributed by atoms with Gasteiger partial charge in [-0.1, -0.05) is 12.8 Å². The molecule has 0 radical (unpaired) electrons. The maximum absolute atomic E-state index is 12.3. The van der Waals surface area contributed by atoms with Gasteiger partial charge in [-0.3, -0.25) is 4.79 Å². The Balaban J connectivity index is 1.83. The van der Waals surface area contributed by atoms with Crippen molar-refractivity contribution in [3.8, 4) is 6.07 Å². The molecule has 1 amide bonds. The van der Waals surface area contributed by atoms with E-state index in [1.165, 1.54) is 19.4 Å². The highest BCUT2D eigenvalue weighted by atomic mass is 16.2. The molecule has 2 fully saturated rings. The van der Waals surface area contributed by atoms with Crippen molar-refractivity contribution < 1.29 is 4.79 Å². The molecule has 1 aliphatic heterocycles. The van der Waals surface area contributed by atoms with Crippen LogP contribution in [0.5, 0.6) is 0 Å². The third-order valence-electron chi connectivity index (χ3n) is 4.94. The number of rotatable bonds is 4. The number of piperidine rings is 1. The second-order valence-electron chi connectivity index (χ2n) is 6.71. The molecule has 0 spiro atoms. The molecule has 0 bridgehead atoms. The molecule has 1 N–H and O–H groups in total. The van der Waals surface area contributed by atoms with Crippen molar-refractivity contribution in [2.75, 3.05) is 19.6 Å². The van der Waals surface area contributed by atoms with Crippen LogP contribution < -0.4 is 5.32 Å². The molecular weight excluding hydrogens is 250 g/mol. The Hall–Kier alpha value is -1.08. The Labute approximate surface area is 122 Å². The minimum Gasteiger partial charge on any atom is -0.354 e. The maximum Gasteiger partial charge on any atom is 0.240 e. The maximum atomic E-state index is 12.3. The fraction of sp³-hybridized carbons (Fsp3) is 0.875. The lowest BCUT2D eigenvalue weighted by atomic mass is 9.86. The lowest BCUT2D eigenvalue weighted by Gasteiger charge is -2.35. The summed E-state index contributed by atoms with van der Waals surface area (Å²) in [5.74, 6) is 0.506. The molecule has 20 heavy (non-hydrogen) atoms. The van der Waals surface area contributed by atoms with E-state index < -0.39 is 5.41 Å². The number of carbonyl (C=O) groups excluding carboxylic acids is 1. The number of carbonyl (C=O) groups is 1. The van der Waals surface area contributed by atoms with Crippen molar-refractivity contribution in [2.45, 2.75) is 58.4 Å². The van der Waals surface area contributed by atoms with Gasteiger partial charge in [0.1, 0.15) is 5.41 Å². The highest BCUT2D eigenvalue weighted by Gasteiger charge is 2.41. The molecule has 1 saturated heterocycles. The average Bonchev–Trinajstić information content (AvgIpc) is 2.95. The minimum absolute atomic E-state index is 0.0285. The van der Waals surface area contributed by atoms with Crippen molar-refractivity contribution in [3.05, 3.63) is 0 Å². The standard InChI is InChI=1S/C16H27N3O/c1-13(2)19-9-5-6-14(11-19)10-18-15(20)16(12-17)7-3-4-8-16/h13-14H,3-11H2,1-2H3,(H,18,20). The second-order valence-corrected chi connectivity index (χ2v) is 6.71. The fourth-order valence-electron chi connectivity index (χ4n) is 3.51. The van der Waals surface area contributed by atoms with Crippen LogP contribution in [0.3, 0.4) is 0 Å². The predicted octanol–water partition coefficient (Wildman–Crippen LogP) is 2.31. The third-order valence-corrected chi connectivity index (χ3v) is 4.94. The summed E-state index contributed by atoms with van der Waals surface area (Å²) in [5.41, 5.74) is -0.730. The van der Waals surface area contributed by atoms with E-state index in [4.69, 9.17) is 0 Å². The molecule has 4 nitrogen and oxygen atoms in total. The number of hydrogen-bond donors (Lipinski definition) is 1. The van der Waals surface area contributed by atoms with Crippen LogP contribution >= 0.6 is 0 Å². The third kappa shape index (κ3) is 3.32. The Bertz CT molecular complexity index is 380. The molecule has 1 unspecified atom stereocenters. The van der Waals surface area contributed by atoms with Gasteiger partial charge in [0, 0.05) is 19.1 Å². The number of hydrogen-bond acceptors (Lipinski definition) is 3. The van der Waals surface area contributed by atoms with Gasteiger partial charge in [-0.25, -0.2) is 0 Å². The monoisotopic (exact) mass is 277 g/mol. The molecule has 1 aliphatic carbocycles. The topological polar surface area (TPSA) is 56.1 Å². The highest BCUT2D eigenvalue weighted by molar-refractivity contribution is 5.85. The smallest absolute Gasteiger partial charge is 0.240 e. The summed E-state index contributed by atoms with van der Waals surface area (Å²) in [7, 11) is 0. The van der Waals surface area contributed by atoms with Crippen LogP contribution in [0.2, 0.25) is 0 Å². The van der Waals surface area contributed by atoms with Crippen molar-refractivity contribution in [1.82, 2.24) is 10.2 Å². The largest absolute Gasteiger partial charge is 0.354 e. The molecule has 2 aliphatic rings. The van der Waals surface area contributed by atoms with Crippen LogP contribution in [-0.2, 0) is 4.79 Å². The summed E-state index contributed by atoms with van der Waals surface area (Å²) in [5, 5.41) is 12.4. The molecule has 0 aromatic heterocycles. The molecular formula is C16H27N3O. The van der Waals surface area contributed by atoms with E-state index >= 15 is 0 Å². The highest BCUT2D eigenvalue weighted by Crippen LogP contribution is 2.37. The SMILES string of the molecule is CC(C)N1CCCC(CNC(=O)C2(C#N)CCCC2)C1. The van der Waals surface area contributed by atoms with Gasteiger partial charge in [-0.05, 0) is 52.0 Å². The molecule has 0 aromatic carbocycles. The van der Waals surface area contributed by atoms with Crippen molar-refractivity contribution >= 4 is 5.91 Å². The number of nitriles is 1. The Morgan fingerprint density at radius 2 is 2.10 bits per heavy atom. The molecule has 1 atom stereocenters. The number of amides is 1. The number of nitrogens with zero attached hydrogens (tertiary/aromatic N) is 2. The van der Waals surface area contributed by atoms with E-state index in [1.54, 1.807) is 0 Å². The summed E-state index contributed by atoms with van der Waals surface area (Å²) in [4.78, 5) is 14.8. The summed E-state index contributed by atoms with van der Waals surface area (Å²) in [6, 6.07) is 2.85. The van der Waals surface area contributed by atoms with E-state index in [1.807, 2.05) is 0 Å². The fourth-order valence-corrected chi connectivity index (χ4v) is 3.51. The molecule has 0 aromatic rings. The summed E-state index contributed by atoms with van der Waals surface area (Å²) in [6.07, 6.45) is 5.87. The van der Waals surface area contributed by atoms with Gasteiger partial charge < -0.3 is 10.2 Å². The average molecular weight is 277 g/mol. The zero-order chi connectivity index (χ0) is 14.6. The van der Waals surface area contributed by atoms with Crippen LogP contribution in [-0.4, -0.2) is 36.5 Å². The Morgan fingerprint density at radius 3 is 2.70 bits per heavy atom. The number of likely N-dealkylation sites (tertiary alicyclic amines) is 1. The summed E-state index contributed by atoms with van der Waals surface area (Å²) in [6.45, 7) is 7.42. The van der Waals surface area contributed by atoms with Gasteiger partial charge in [0.25, 0.3) is 0 Å². The molecule has 112 valence electrons. The van der Waals surface area contributed by atoms with Crippen molar-refractivity contribution in [2.24, 2.45) is 11.3 Å². The van der Waals surface area contributed by atoms with Crippen LogP contribution in [0.4, 0.5) is 0 Å². The van der Waals surface area contributed by atoms with Crippen LogP contribution in [0.25, 0.3) is 0 Å². The van der Waals surface area contributed by atoms with Crippen LogP contribution in [0.1, 0.15) is 52.4 Å². The lowest BCUT2D eigenvalue weighted by Crippen LogP contribution is -2.46.